The molecule has 0 unspecified atom stereocenters. The summed E-state index contributed by atoms with van der Waals surface area (Å²) in [6.45, 7) is 18.7. The highest BCUT2D eigenvalue weighted by Gasteiger charge is 2.70. The molecular weight excluding hydrogens is 929 g/mol. The van der Waals surface area contributed by atoms with Gasteiger partial charge in [-0.1, -0.05) is 60.1 Å². The molecule has 4 heterocycles. The van der Waals surface area contributed by atoms with Gasteiger partial charge in [-0.05, 0) is 123 Å². The molecule has 406 valence electrons. The smallest absolute Gasteiger partial charge is 0.310 e. The fraction of sp³-hybridized carbons (Fsp3) is 0.942. The molecular formula is C52H84O19. The lowest BCUT2D eigenvalue weighted by Crippen LogP contribution is -2.66. The van der Waals surface area contributed by atoms with Gasteiger partial charge in [0, 0.05) is 0 Å². The molecule has 19 nitrogen and oxygen atoms in total. The Kier molecular flexibility index (Phi) is 14.7. The monoisotopic (exact) mass is 1010 g/mol. The van der Waals surface area contributed by atoms with Crippen molar-refractivity contribution in [2.75, 3.05) is 13.2 Å². The molecule has 19 heteroatoms. The molecule has 0 aromatic carbocycles. The van der Waals surface area contributed by atoms with E-state index >= 15 is 0 Å². The topological polar surface area (TPSA) is 293 Å². The van der Waals surface area contributed by atoms with Crippen molar-refractivity contribution in [3.8, 4) is 0 Å². The van der Waals surface area contributed by atoms with Crippen LogP contribution < -0.4 is 0 Å². The first-order chi connectivity index (χ1) is 33.1. The summed E-state index contributed by atoms with van der Waals surface area (Å²) in [6, 6.07) is 0. The summed E-state index contributed by atoms with van der Waals surface area (Å²) >= 11 is 0. The number of fused-ring (bicyclic) bond motifs is 7. The number of carboxylic acid groups (broad SMARTS) is 1. The highest BCUT2D eigenvalue weighted by Crippen LogP contribution is 2.76. The van der Waals surface area contributed by atoms with Crippen LogP contribution in [0.2, 0.25) is 0 Å². The average molecular weight is 1010 g/mol. The highest BCUT2D eigenvalue weighted by atomic mass is 16.8. The number of aliphatic carboxylic acids is 1. The largest absolute Gasteiger partial charge is 0.481 e. The number of ether oxygens (including phenoxy) is 8. The van der Waals surface area contributed by atoms with Crippen molar-refractivity contribution < 1.29 is 93.8 Å². The van der Waals surface area contributed by atoms with E-state index in [1.807, 2.05) is 0 Å². The minimum atomic E-state index is -1.79. The fourth-order valence-corrected chi connectivity index (χ4v) is 16.0. The van der Waals surface area contributed by atoms with Gasteiger partial charge in [0.05, 0.1) is 36.9 Å². The van der Waals surface area contributed by atoms with Crippen LogP contribution in [0.15, 0.2) is 11.6 Å². The van der Waals surface area contributed by atoms with Crippen molar-refractivity contribution in [2.45, 2.75) is 243 Å². The number of hydrogen-bond donors (Lipinski definition) is 10. The number of carboxylic acids is 1. The normalized spacial score (nSPS) is 54.9. The molecule has 4 saturated heterocycles. The molecule has 0 spiro atoms. The minimum Gasteiger partial charge on any atom is -0.481 e. The average Bonchev–Trinajstić information content (AvgIpc) is 3.30. The van der Waals surface area contributed by atoms with Crippen LogP contribution in [0.5, 0.6) is 0 Å². The van der Waals surface area contributed by atoms with Crippen molar-refractivity contribution >= 4 is 5.97 Å². The molecule has 5 aliphatic carbocycles. The Bertz CT molecular complexity index is 1970. The lowest BCUT2D eigenvalue weighted by Gasteiger charge is -2.71. The van der Waals surface area contributed by atoms with Crippen molar-refractivity contribution in [3.63, 3.8) is 0 Å². The van der Waals surface area contributed by atoms with E-state index in [0.717, 1.165) is 51.4 Å². The Morgan fingerprint density at radius 3 is 1.86 bits per heavy atom. The predicted octanol–water partition coefficient (Wildman–Crippen LogP) is 1.86. The summed E-state index contributed by atoms with van der Waals surface area (Å²) in [5.41, 5.74) is 0.101. The van der Waals surface area contributed by atoms with Gasteiger partial charge in [-0.3, -0.25) is 4.79 Å². The van der Waals surface area contributed by atoms with Gasteiger partial charge in [0.1, 0.15) is 73.2 Å². The number of carbonyl (C=O) groups is 1. The quantitative estimate of drug-likeness (QED) is 0.117. The van der Waals surface area contributed by atoms with E-state index < -0.39 is 134 Å². The van der Waals surface area contributed by atoms with Crippen LogP contribution in [-0.4, -0.2) is 187 Å². The van der Waals surface area contributed by atoms with Crippen molar-refractivity contribution in [1.82, 2.24) is 0 Å². The molecule has 4 saturated carbocycles. The first-order valence-electron chi connectivity index (χ1n) is 26.3. The lowest BCUT2D eigenvalue weighted by atomic mass is 9.33. The van der Waals surface area contributed by atoms with E-state index in [-0.39, 0.29) is 46.2 Å². The van der Waals surface area contributed by atoms with Crippen LogP contribution in [0.25, 0.3) is 0 Å². The number of aliphatic hydroxyl groups excluding tert-OH is 9. The third kappa shape index (κ3) is 8.81. The summed E-state index contributed by atoms with van der Waals surface area (Å²) in [6.07, 6.45) is -16.2. The van der Waals surface area contributed by atoms with E-state index in [1.165, 1.54) is 19.4 Å². The van der Waals surface area contributed by atoms with Crippen LogP contribution in [0.4, 0.5) is 0 Å². The Balaban J connectivity index is 0.893. The van der Waals surface area contributed by atoms with Gasteiger partial charge in [0.25, 0.3) is 0 Å². The molecule has 71 heavy (non-hydrogen) atoms. The Hall–Kier alpha value is -1.47. The van der Waals surface area contributed by atoms with E-state index in [0.29, 0.717) is 18.8 Å². The summed E-state index contributed by atoms with van der Waals surface area (Å²) in [4.78, 5) is 13.2. The Morgan fingerprint density at radius 2 is 1.17 bits per heavy atom. The highest BCUT2D eigenvalue weighted by molar-refractivity contribution is 5.76. The van der Waals surface area contributed by atoms with Crippen LogP contribution in [0.1, 0.15) is 127 Å². The van der Waals surface area contributed by atoms with E-state index in [1.54, 1.807) is 0 Å². The number of allylic oxidation sites excluding steroid dienone is 2. The summed E-state index contributed by atoms with van der Waals surface area (Å²) < 4.78 is 48.1. The molecule has 9 rings (SSSR count). The SMILES string of the molecule is C[C@@H]1O[C@@H](O[C@@H]2[C@@H](O)[C@H](O[C@@H]3[C@@H](O)[C@H](C)O[C@@H](O[C@H]4[C@H](O[C@H]5CC[C@]6(C)[C@H]7CC=C8[C@@H]9CC(C)(C)CC[C@]9(C(=O)O)CC[C@@]8(C)[C@]7(C)CC[C@H]6C5(C)C)OC[C@H](O)[C@@H]4O)[C@@H]3O)OC[C@H]2O)[C@H](O)[C@H](O)[C@H]1O. The number of rotatable bonds is 9. The van der Waals surface area contributed by atoms with Crippen molar-refractivity contribution in [3.05, 3.63) is 11.6 Å². The Labute approximate surface area is 417 Å². The van der Waals surface area contributed by atoms with Crippen LogP contribution in [0.3, 0.4) is 0 Å². The number of aliphatic hydroxyl groups is 9. The lowest BCUT2D eigenvalue weighted by molar-refractivity contribution is -0.384. The second kappa shape index (κ2) is 19.2. The van der Waals surface area contributed by atoms with Crippen molar-refractivity contribution in [1.29, 1.82) is 0 Å². The van der Waals surface area contributed by atoms with Gasteiger partial charge >= 0.3 is 5.97 Å². The molecule has 4 aliphatic heterocycles. The maximum atomic E-state index is 13.2. The molecule has 0 bridgehead atoms. The van der Waals surface area contributed by atoms with E-state index in [2.05, 4.69) is 54.5 Å². The first kappa shape index (κ1) is 54.3. The Morgan fingerprint density at radius 1 is 0.577 bits per heavy atom. The molecule has 0 aromatic rings. The maximum absolute atomic E-state index is 13.2. The van der Waals surface area contributed by atoms with Gasteiger partial charge in [0.2, 0.25) is 0 Å². The molecule has 8 fully saturated rings. The van der Waals surface area contributed by atoms with Crippen LogP contribution >= 0.6 is 0 Å². The van der Waals surface area contributed by atoms with Crippen LogP contribution in [0, 0.1) is 50.2 Å². The van der Waals surface area contributed by atoms with Gasteiger partial charge in [-0.15, -0.1) is 0 Å². The first-order valence-corrected chi connectivity index (χ1v) is 26.3. The molecule has 0 aromatic heterocycles. The summed E-state index contributed by atoms with van der Waals surface area (Å²) in [5, 5.41) is 109. The van der Waals surface area contributed by atoms with E-state index in [9.17, 15) is 55.9 Å². The zero-order chi connectivity index (χ0) is 51.7. The van der Waals surface area contributed by atoms with Gasteiger partial charge in [0.15, 0.2) is 25.2 Å². The zero-order valence-corrected chi connectivity index (χ0v) is 42.9. The standard InChI is InChI=1S/C52H84O19/c1-23-32(55)35(58)36(59)43(66-23)69-39-28(54)22-64-42(37(39)60)70-40-33(56)24(2)67-44(38(40)61)71-41-34(57)27(53)21-65-45(41)68-31-13-14-49(7)29(48(31,5)6)12-15-51(9)30(49)11-10-25-26-20-47(3,4)16-18-52(26,46(62)63)19-17-50(25,51)8/h10,23-24,26-45,53-61H,11-22H2,1-9H3,(H,62,63)/t23-,24-,26-,27-,28+,29-,30+,31-,32-,33-,34-,35+,36+,37+,38+,39-,40+,41+,42-,43-,44-,45-,49-,50+,51+,52-/m0/s1. The van der Waals surface area contributed by atoms with Gasteiger partial charge in [-0.25, -0.2) is 0 Å². The molecule has 0 radical (unpaired) electrons. The summed E-state index contributed by atoms with van der Waals surface area (Å²) in [5.74, 6) is -0.0337. The summed E-state index contributed by atoms with van der Waals surface area (Å²) in [7, 11) is 0. The minimum absolute atomic E-state index is 0.0248. The zero-order valence-electron chi connectivity index (χ0n) is 42.9. The molecule has 26 atom stereocenters. The van der Waals surface area contributed by atoms with Crippen LogP contribution in [-0.2, 0) is 42.7 Å². The number of hydrogen-bond acceptors (Lipinski definition) is 18. The maximum Gasteiger partial charge on any atom is 0.310 e. The van der Waals surface area contributed by atoms with Crippen molar-refractivity contribution in [2.24, 2.45) is 50.2 Å². The second-order valence-corrected chi connectivity index (χ2v) is 25.4. The predicted molar refractivity (Wildman–Crippen MR) is 248 cm³/mol. The van der Waals surface area contributed by atoms with Gasteiger partial charge < -0.3 is 89.0 Å². The molecule has 10 N–H and O–H groups in total. The second-order valence-electron chi connectivity index (χ2n) is 25.4. The third-order valence-electron chi connectivity index (χ3n) is 20.6. The third-order valence-corrected chi connectivity index (χ3v) is 20.6. The molecule has 0 amide bonds. The molecule has 9 aliphatic rings. The van der Waals surface area contributed by atoms with Gasteiger partial charge in [-0.2, -0.15) is 0 Å². The van der Waals surface area contributed by atoms with E-state index in [4.69, 9.17) is 37.9 Å². The fourth-order valence-electron chi connectivity index (χ4n) is 16.0.